The fraction of sp³-hybridized carbons (Fsp3) is 0.500. The Morgan fingerprint density at radius 1 is 0.247 bits per heavy atom. The van der Waals surface area contributed by atoms with E-state index < -0.39 is 0 Å². The van der Waals surface area contributed by atoms with Gasteiger partial charge < -0.3 is 0 Å². The molecule has 0 saturated carbocycles. The molecule has 0 fully saturated rings. The number of hydrogen-bond acceptors (Lipinski definition) is 0. The Bertz CT molecular complexity index is 2440. The molecule has 73 heavy (non-hydrogen) atoms. The molecule has 0 spiro atoms. The van der Waals surface area contributed by atoms with Crippen molar-refractivity contribution in [2.24, 2.45) is 23.7 Å². The summed E-state index contributed by atoms with van der Waals surface area (Å²) in [7, 11) is 0. The van der Waals surface area contributed by atoms with Crippen molar-refractivity contribution in [2.45, 2.75) is 214 Å². The first-order valence-electron chi connectivity index (χ1n) is 28.5. The molecular weight excluding hydrogens is 935 g/mol. The van der Waals surface area contributed by atoms with Gasteiger partial charge >= 0.3 is 0 Å². The predicted molar refractivity (Wildman–Crippen MR) is 329 cm³/mol. The molecule has 0 aliphatic heterocycles. The van der Waals surface area contributed by atoms with Crippen LogP contribution in [0.3, 0.4) is 0 Å². The smallest absolute Gasteiger partial charge is 0.0381 e. The van der Waals surface area contributed by atoms with Crippen molar-refractivity contribution >= 4 is 42.1 Å². The topological polar surface area (TPSA) is 0 Å². The zero-order valence-electron chi connectivity index (χ0n) is 50.6. The number of rotatable bonds is 16. The zero-order chi connectivity index (χ0) is 53.8. The Labute approximate surface area is 464 Å². The van der Waals surface area contributed by atoms with E-state index in [1.54, 1.807) is 0 Å². The van der Waals surface area contributed by atoms with E-state index in [1.807, 2.05) is 0 Å². The Balaban J connectivity index is 0.000000380. The normalized spacial score (nSPS) is 14.8. The van der Waals surface area contributed by atoms with E-state index in [1.165, 1.54) is 112 Å². The molecule has 5 radical (unpaired) electrons. The maximum atomic E-state index is 4.16. The molecule has 0 amide bonds. The Hall–Kier alpha value is -3.96. The van der Waals surface area contributed by atoms with Crippen LogP contribution in [0.25, 0.3) is 22.3 Å². The first-order chi connectivity index (χ1) is 33.7. The van der Waals surface area contributed by atoms with Gasteiger partial charge in [-0.1, -0.05) is 251 Å². The molecule has 391 valence electrons. The fourth-order valence-electron chi connectivity index (χ4n) is 11.2. The first-order valence-corrected chi connectivity index (χ1v) is 28.5. The second kappa shape index (κ2) is 26.2. The Morgan fingerprint density at radius 2 is 0.425 bits per heavy atom. The van der Waals surface area contributed by atoms with Crippen molar-refractivity contribution in [3.63, 3.8) is 0 Å². The van der Waals surface area contributed by atoms with Gasteiger partial charge in [0, 0.05) is 55.3 Å². The van der Waals surface area contributed by atoms with Crippen LogP contribution in [-0.4, -0.2) is 19.8 Å². The molecule has 2 aliphatic carbocycles. The summed E-state index contributed by atoms with van der Waals surface area (Å²) in [6.07, 6.45) is 5.05. The van der Waals surface area contributed by atoms with Crippen LogP contribution >= 0.6 is 0 Å². The van der Waals surface area contributed by atoms with Gasteiger partial charge in [0.2, 0.25) is 0 Å². The molecule has 0 atom stereocenters. The molecule has 4 aromatic carbocycles. The monoisotopic (exact) mass is 1030 g/mol. The number of hydrogen-bond donors (Lipinski definition) is 0. The quantitative estimate of drug-likeness (QED) is 0.0775. The molecule has 1 heteroatoms. The minimum absolute atomic E-state index is 0. The maximum Gasteiger partial charge on any atom is 0.0381 e. The standard InChI is InChI=1S/2C36H49.Ga.H2/c2*1-21(2)27-15-13-16-28(22(3)4)35(27)33-20-34(32(26(11)12)19-31(33)25(9)10)36-29(23(5)6)17-14-18-30(36)24(7)8;;/h2*13-19,21-26H,1-12H3;;1H. The van der Waals surface area contributed by atoms with Crippen LogP contribution in [0.2, 0.25) is 0 Å². The molecule has 0 bridgehead atoms. The summed E-state index contributed by atoms with van der Waals surface area (Å²) < 4.78 is 0. The molecular formula is C72H100Ga. The van der Waals surface area contributed by atoms with Crippen LogP contribution in [0.5, 0.6) is 0 Å². The van der Waals surface area contributed by atoms with Crippen molar-refractivity contribution in [1.82, 2.24) is 0 Å². The van der Waals surface area contributed by atoms with Crippen LogP contribution in [0.15, 0.2) is 108 Å². The average Bonchev–Trinajstić information content (AvgIpc) is 3.31. The summed E-state index contributed by atoms with van der Waals surface area (Å²) in [5, 5.41) is 0. The largest absolute Gasteiger partial charge is 0.107 e. The minimum Gasteiger partial charge on any atom is -0.107 e. The van der Waals surface area contributed by atoms with Gasteiger partial charge in [0.25, 0.3) is 0 Å². The van der Waals surface area contributed by atoms with Crippen LogP contribution < -0.4 is 0 Å². The van der Waals surface area contributed by atoms with Crippen LogP contribution in [0, 0.1) is 35.5 Å². The third-order valence-electron chi connectivity index (χ3n) is 15.3. The van der Waals surface area contributed by atoms with Gasteiger partial charge in [-0.2, -0.15) is 0 Å². The van der Waals surface area contributed by atoms with Gasteiger partial charge in [0.1, 0.15) is 0 Å². The van der Waals surface area contributed by atoms with E-state index in [0.717, 1.165) is 0 Å². The van der Waals surface area contributed by atoms with E-state index in [0.29, 0.717) is 71.0 Å². The summed E-state index contributed by atoms with van der Waals surface area (Å²) >= 11 is 0. The molecule has 4 aromatic rings. The third kappa shape index (κ3) is 13.5. The second-order valence-electron chi connectivity index (χ2n) is 25.0. The molecule has 0 nitrogen and oxygen atoms in total. The van der Waals surface area contributed by atoms with E-state index in [-0.39, 0.29) is 21.2 Å². The molecule has 0 aromatic heterocycles. The van der Waals surface area contributed by atoms with Gasteiger partial charge in [-0.25, -0.2) is 0 Å². The average molecular weight is 1040 g/mol. The zero-order valence-corrected chi connectivity index (χ0v) is 53.0. The van der Waals surface area contributed by atoms with Gasteiger partial charge in [0.05, 0.1) is 0 Å². The van der Waals surface area contributed by atoms with E-state index in [2.05, 4.69) is 263 Å². The Morgan fingerprint density at radius 3 is 0.575 bits per heavy atom. The minimum atomic E-state index is 0. The van der Waals surface area contributed by atoms with Gasteiger partial charge in [0.15, 0.2) is 0 Å². The summed E-state index contributed by atoms with van der Waals surface area (Å²) in [6.45, 7) is 55.9. The summed E-state index contributed by atoms with van der Waals surface area (Å²) in [4.78, 5) is 0. The SMILES string of the molecule is CC(C)[C]1C=C(C(C)C)C(c2c(C(C)C)cccc2C(C)C)=C=C1c1c(C(C)C)cccc1C(C)C.CC(C)[C]1C=C(C(C)C)C(c2c(C(C)C)cccc2C(C)C)=C=C1c1c(C(C)C)cccc1C(C)C.[Ga].[HH]. The second-order valence-corrected chi connectivity index (χ2v) is 25.0. The summed E-state index contributed by atoms with van der Waals surface area (Å²) in [6, 6.07) is 27.7. The third-order valence-corrected chi connectivity index (χ3v) is 15.3. The first kappa shape index (κ1) is 61.6. The van der Waals surface area contributed by atoms with Crippen LogP contribution in [0.1, 0.15) is 282 Å². The van der Waals surface area contributed by atoms with Crippen LogP contribution in [-0.2, 0) is 0 Å². The van der Waals surface area contributed by atoms with E-state index >= 15 is 0 Å². The summed E-state index contributed by atoms with van der Waals surface area (Å²) in [5.41, 5.74) is 33.5. The number of allylic oxidation sites excluding steroid dienone is 6. The van der Waals surface area contributed by atoms with Crippen molar-refractivity contribution < 1.29 is 1.43 Å². The van der Waals surface area contributed by atoms with Crippen molar-refractivity contribution in [3.05, 3.63) is 186 Å². The molecule has 6 rings (SSSR count). The summed E-state index contributed by atoms with van der Waals surface area (Å²) in [5.74, 6) is 8.17. The van der Waals surface area contributed by atoms with Crippen molar-refractivity contribution in [1.29, 1.82) is 0 Å². The van der Waals surface area contributed by atoms with Gasteiger partial charge in [-0.15, -0.1) is 11.5 Å². The molecule has 0 N–H and O–H groups in total. The molecule has 2 aliphatic rings. The maximum absolute atomic E-state index is 4.16. The molecule has 0 saturated heterocycles. The van der Waals surface area contributed by atoms with Crippen molar-refractivity contribution in [2.75, 3.05) is 0 Å². The number of benzene rings is 4. The Kier molecular flexibility index (Phi) is 22.1. The fourth-order valence-corrected chi connectivity index (χ4v) is 11.2. The van der Waals surface area contributed by atoms with E-state index in [4.69, 9.17) is 0 Å². The van der Waals surface area contributed by atoms with Gasteiger partial charge in [-0.05, 0) is 149 Å². The molecule has 0 heterocycles. The van der Waals surface area contributed by atoms with Gasteiger partial charge in [-0.3, -0.25) is 0 Å². The molecule has 0 unspecified atom stereocenters. The van der Waals surface area contributed by atoms with E-state index in [9.17, 15) is 0 Å². The van der Waals surface area contributed by atoms with Crippen LogP contribution in [0.4, 0.5) is 0 Å². The van der Waals surface area contributed by atoms with Crippen molar-refractivity contribution in [3.8, 4) is 0 Å². The predicted octanol–water partition coefficient (Wildman–Crippen LogP) is 22.0.